The average Bonchev–Trinajstić information content (AvgIpc) is 2.43. The first-order chi connectivity index (χ1) is 9.51. The normalized spacial score (nSPS) is 12.1. The van der Waals surface area contributed by atoms with E-state index in [4.69, 9.17) is 10.2 Å². The van der Waals surface area contributed by atoms with Gasteiger partial charge in [0.05, 0.1) is 6.61 Å². The number of benzene rings is 2. The molecule has 0 unspecified atom stereocenters. The van der Waals surface area contributed by atoms with Crippen molar-refractivity contribution in [2.45, 2.75) is 6.04 Å². The first-order valence-corrected chi connectivity index (χ1v) is 6.64. The molecular formula is C14H12BrNO4. The Hall–Kier alpha value is -1.92. The maximum absolute atomic E-state index is 11.9. The number of carbonyl (C=O) groups excluding carboxylic acids is 1. The Morgan fingerprint density at radius 3 is 2.45 bits per heavy atom. The SMILES string of the molecule is O=C(N[C@H](CO)C(=O)O)c1ccc2cc(Br)ccc2c1. The van der Waals surface area contributed by atoms with E-state index in [2.05, 4.69) is 21.2 Å². The zero-order chi connectivity index (χ0) is 14.7. The van der Waals surface area contributed by atoms with Gasteiger partial charge < -0.3 is 15.5 Å². The monoisotopic (exact) mass is 337 g/mol. The van der Waals surface area contributed by atoms with Crippen LogP contribution in [-0.4, -0.2) is 34.7 Å². The number of aliphatic hydroxyl groups excluding tert-OH is 1. The van der Waals surface area contributed by atoms with E-state index < -0.39 is 24.5 Å². The maximum Gasteiger partial charge on any atom is 0.328 e. The van der Waals surface area contributed by atoms with Gasteiger partial charge in [0, 0.05) is 10.0 Å². The van der Waals surface area contributed by atoms with Crippen molar-refractivity contribution in [1.29, 1.82) is 0 Å². The number of aliphatic carboxylic acids is 1. The zero-order valence-corrected chi connectivity index (χ0v) is 11.9. The Kier molecular flexibility index (Phi) is 4.36. The van der Waals surface area contributed by atoms with E-state index in [-0.39, 0.29) is 0 Å². The lowest BCUT2D eigenvalue weighted by Gasteiger charge is -2.12. The summed E-state index contributed by atoms with van der Waals surface area (Å²) in [6, 6.07) is 9.40. The Morgan fingerprint density at radius 2 is 1.80 bits per heavy atom. The Balaban J connectivity index is 2.26. The number of carboxylic acid groups (broad SMARTS) is 1. The molecule has 0 aliphatic heterocycles. The molecule has 2 aromatic rings. The second-order valence-corrected chi connectivity index (χ2v) is 5.17. The van der Waals surface area contributed by atoms with E-state index in [0.29, 0.717) is 5.56 Å². The van der Waals surface area contributed by atoms with Crippen LogP contribution in [0.5, 0.6) is 0 Å². The summed E-state index contributed by atoms with van der Waals surface area (Å²) in [5.41, 5.74) is 0.347. The maximum atomic E-state index is 11.9. The fourth-order valence-electron chi connectivity index (χ4n) is 1.78. The van der Waals surface area contributed by atoms with Gasteiger partial charge in [-0.3, -0.25) is 4.79 Å². The van der Waals surface area contributed by atoms with Gasteiger partial charge in [0.15, 0.2) is 6.04 Å². The molecule has 0 radical (unpaired) electrons. The molecule has 2 aromatic carbocycles. The molecule has 1 amide bonds. The van der Waals surface area contributed by atoms with Gasteiger partial charge in [0.1, 0.15) is 0 Å². The van der Waals surface area contributed by atoms with Crippen molar-refractivity contribution >= 4 is 38.6 Å². The van der Waals surface area contributed by atoms with Gasteiger partial charge in [-0.15, -0.1) is 0 Å². The van der Waals surface area contributed by atoms with E-state index in [1.807, 2.05) is 18.2 Å². The van der Waals surface area contributed by atoms with Crippen molar-refractivity contribution in [3.8, 4) is 0 Å². The first kappa shape index (κ1) is 14.5. The molecule has 104 valence electrons. The predicted octanol–water partition coefficient (Wildman–Crippen LogP) is 1.78. The molecule has 0 heterocycles. The Labute approximate surface area is 123 Å². The third kappa shape index (κ3) is 3.15. The third-order valence-corrected chi connectivity index (χ3v) is 3.34. The fraction of sp³-hybridized carbons (Fsp3) is 0.143. The summed E-state index contributed by atoms with van der Waals surface area (Å²) in [6.45, 7) is -0.651. The third-order valence-electron chi connectivity index (χ3n) is 2.85. The van der Waals surface area contributed by atoms with Crippen LogP contribution in [0.3, 0.4) is 0 Å². The smallest absolute Gasteiger partial charge is 0.328 e. The highest BCUT2D eigenvalue weighted by Gasteiger charge is 2.19. The van der Waals surface area contributed by atoms with Crippen molar-refractivity contribution in [1.82, 2.24) is 5.32 Å². The number of fused-ring (bicyclic) bond motifs is 1. The highest BCUT2D eigenvalue weighted by Crippen LogP contribution is 2.21. The molecule has 0 aromatic heterocycles. The summed E-state index contributed by atoms with van der Waals surface area (Å²) in [5, 5.41) is 21.8. The minimum atomic E-state index is -1.30. The Morgan fingerprint density at radius 1 is 1.15 bits per heavy atom. The molecule has 0 bridgehead atoms. The van der Waals surface area contributed by atoms with Gasteiger partial charge in [0.2, 0.25) is 0 Å². The van der Waals surface area contributed by atoms with Crippen LogP contribution >= 0.6 is 15.9 Å². The molecule has 0 aliphatic rings. The second-order valence-electron chi connectivity index (χ2n) is 4.25. The molecule has 0 aliphatic carbocycles. The molecule has 5 nitrogen and oxygen atoms in total. The number of carboxylic acids is 1. The van der Waals surface area contributed by atoms with Crippen molar-refractivity contribution < 1.29 is 19.8 Å². The summed E-state index contributed by atoms with van der Waals surface area (Å²) >= 11 is 3.37. The summed E-state index contributed by atoms with van der Waals surface area (Å²) in [4.78, 5) is 22.7. The number of hydrogen-bond donors (Lipinski definition) is 3. The number of rotatable bonds is 4. The molecule has 0 fully saturated rings. The lowest BCUT2D eigenvalue weighted by molar-refractivity contribution is -0.140. The van der Waals surface area contributed by atoms with Crippen molar-refractivity contribution in [3.63, 3.8) is 0 Å². The van der Waals surface area contributed by atoms with E-state index in [1.165, 1.54) is 0 Å². The highest BCUT2D eigenvalue weighted by molar-refractivity contribution is 9.10. The minimum Gasteiger partial charge on any atom is -0.480 e. The molecule has 0 spiro atoms. The standard InChI is InChI=1S/C14H12BrNO4/c15-11-4-3-8-5-10(2-1-9(8)6-11)13(18)16-12(7-17)14(19)20/h1-6,12,17H,7H2,(H,16,18)(H,19,20)/t12-/m1/s1. The van der Waals surface area contributed by atoms with Crippen LogP contribution in [0, 0.1) is 0 Å². The summed E-state index contributed by atoms with van der Waals surface area (Å²) in [5.74, 6) is -1.80. The van der Waals surface area contributed by atoms with Gasteiger partial charge in [-0.2, -0.15) is 0 Å². The number of carbonyl (C=O) groups is 2. The zero-order valence-electron chi connectivity index (χ0n) is 10.3. The van der Waals surface area contributed by atoms with Crippen LogP contribution in [0.25, 0.3) is 10.8 Å². The van der Waals surface area contributed by atoms with Gasteiger partial charge >= 0.3 is 5.97 Å². The van der Waals surface area contributed by atoms with E-state index in [0.717, 1.165) is 15.2 Å². The van der Waals surface area contributed by atoms with Crippen LogP contribution < -0.4 is 5.32 Å². The summed E-state index contributed by atoms with van der Waals surface area (Å²) in [7, 11) is 0. The van der Waals surface area contributed by atoms with E-state index in [1.54, 1.807) is 18.2 Å². The lowest BCUT2D eigenvalue weighted by Crippen LogP contribution is -2.43. The highest BCUT2D eigenvalue weighted by atomic mass is 79.9. The minimum absolute atomic E-state index is 0.347. The Bertz CT molecular complexity index is 671. The number of nitrogens with one attached hydrogen (secondary N) is 1. The molecule has 6 heteroatoms. The van der Waals surface area contributed by atoms with E-state index >= 15 is 0 Å². The molecule has 1 atom stereocenters. The first-order valence-electron chi connectivity index (χ1n) is 5.85. The number of aliphatic hydroxyl groups is 1. The van der Waals surface area contributed by atoms with Crippen LogP contribution in [-0.2, 0) is 4.79 Å². The van der Waals surface area contributed by atoms with Crippen LogP contribution in [0.1, 0.15) is 10.4 Å². The largest absolute Gasteiger partial charge is 0.480 e. The molecule has 0 saturated carbocycles. The lowest BCUT2D eigenvalue weighted by atomic mass is 10.1. The van der Waals surface area contributed by atoms with Crippen molar-refractivity contribution in [2.75, 3.05) is 6.61 Å². The summed E-state index contributed by atoms with van der Waals surface area (Å²) < 4.78 is 0.938. The quantitative estimate of drug-likeness (QED) is 0.793. The van der Waals surface area contributed by atoms with Crippen molar-refractivity contribution in [3.05, 3.63) is 46.4 Å². The molecular weight excluding hydrogens is 326 g/mol. The van der Waals surface area contributed by atoms with Gasteiger partial charge in [-0.25, -0.2) is 4.79 Å². The van der Waals surface area contributed by atoms with Gasteiger partial charge in [-0.1, -0.05) is 28.1 Å². The average molecular weight is 338 g/mol. The second kappa shape index (κ2) is 6.02. The summed E-state index contributed by atoms with van der Waals surface area (Å²) in [6.07, 6.45) is 0. The molecule has 20 heavy (non-hydrogen) atoms. The van der Waals surface area contributed by atoms with Crippen LogP contribution in [0.2, 0.25) is 0 Å². The molecule has 0 saturated heterocycles. The number of hydrogen-bond acceptors (Lipinski definition) is 3. The fourth-order valence-corrected chi connectivity index (χ4v) is 2.16. The number of amides is 1. The number of halogens is 1. The van der Waals surface area contributed by atoms with E-state index in [9.17, 15) is 9.59 Å². The van der Waals surface area contributed by atoms with Crippen molar-refractivity contribution in [2.24, 2.45) is 0 Å². The van der Waals surface area contributed by atoms with Crippen LogP contribution in [0.15, 0.2) is 40.9 Å². The predicted molar refractivity (Wildman–Crippen MR) is 77.6 cm³/mol. The van der Waals surface area contributed by atoms with Gasteiger partial charge in [0.25, 0.3) is 5.91 Å². The molecule has 3 N–H and O–H groups in total. The topological polar surface area (TPSA) is 86.6 Å². The molecule has 2 rings (SSSR count). The van der Waals surface area contributed by atoms with Crippen LogP contribution in [0.4, 0.5) is 0 Å². The van der Waals surface area contributed by atoms with Gasteiger partial charge in [-0.05, 0) is 35.0 Å².